The average Bonchev–Trinajstić information content (AvgIpc) is 3.05. The Kier molecular flexibility index (Phi) is 6.22. The number of rotatable bonds is 5. The summed E-state index contributed by atoms with van der Waals surface area (Å²) in [6.45, 7) is 2.03. The van der Waals surface area contributed by atoms with Gasteiger partial charge >= 0.3 is 6.09 Å². The molecule has 0 atom stereocenters. The van der Waals surface area contributed by atoms with Crippen molar-refractivity contribution < 1.29 is 14.3 Å². The number of benzene rings is 1. The summed E-state index contributed by atoms with van der Waals surface area (Å²) in [7, 11) is 0. The van der Waals surface area contributed by atoms with Gasteiger partial charge in [-0.1, -0.05) is 60.9 Å². The number of nitrogens with one attached hydrogen (secondary N) is 2. The molecule has 2 aromatic rings. The fraction of sp³-hybridized carbons (Fsp3) is 0.421. The van der Waals surface area contributed by atoms with Crippen molar-refractivity contribution in [3.8, 4) is 11.3 Å². The molecule has 138 valence electrons. The Labute approximate surface area is 157 Å². The molecule has 1 aliphatic rings. The lowest BCUT2D eigenvalue weighted by atomic mass is 9.89. The van der Waals surface area contributed by atoms with E-state index in [4.69, 9.17) is 4.74 Å². The Hall–Kier alpha value is -2.41. The quantitative estimate of drug-likeness (QED) is 0.781. The van der Waals surface area contributed by atoms with Crippen LogP contribution in [0.1, 0.15) is 39.0 Å². The third-order valence-corrected chi connectivity index (χ3v) is 5.26. The zero-order chi connectivity index (χ0) is 18.4. The van der Waals surface area contributed by atoms with Crippen LogP contribution in [0.25, 0.3) is 11.3 Å². The first-order chi connectivity index (χ1) is 12.7. The Morgan fingerprint density at radius 2 is 1.88 bits per heavy atom. The lowest BCUT2D eigenvalue weighted by Crippen LogP contribution is -2.24. The first kappa shape index (κ1) is 18.4. The van der Waals surface area contributed by atoms with Gasteiger partial charge in [0.1, 0.15) is 10.7 Å². The van der Waals surface area contributed by atoms with Gasteiger partial charge in [-0.05, 0) is 19.8 Å². The van der Waals surface area contributed by atoms with Crippen LogP contribution in [0.2, 0.25) is 0 Å². The molecule has 1 heterocycles. The van der Waals surface area contributed by atoms with Crippen LogP contribution in [0, 0.1) is 5.92 Å². The van der Waals surface area contributed by atoms with E-state index in [0.29, 0.717) is 15.8 Å². The standard InChI is InChI=1S/C19H23N3O3S/c1-2-25-19(24)22-18-20-15(13-9-5-3-6-10-13)17(26-18)21-16(23)14-11-7-4-8-12-14/h3,5-6,9-10,14H,2,4,7-8,11-12H2,1H3,(H,21,23)(H,20,22,24). The van der Waals surface area contributed by atoms with E-state index in [2.05, 4.69) is 15.6 Å². The molecule has 6 nitrogen and oxygen atoms in total. The van der Waals surface area contributed by atoms with Crippen LogP contribution in [0.4, 0.5) is 14.9 Å². The predicted octanol–water partition coefficient (Wildman–Crippen LogP) is 4.90. The van der Waals surface area contributed by atoms with Gasteiger partial charge in [-0.15, -0.1) is 0 Å². The second kappa shape index (κ2) is 8.80. The third-order valence-electron chi connectivity index (χ3n) is 4.37. The normalized spacial score (nSPS) is 14.7. The number of ether oxygens (including phenoxy) is 1. The van der Waals surface area contributed by atoms with Crippen LogP contribution < -0.4 is 10.6 Å². The Balaban J connectivity index is 1.82. The maximum Gasteiger partial charge on any atom is 0.413 e. The van der Waals surface area contributed by atoms with Crippen molar-refractivity contribution in [1.82, 2.24) is 4.98 Å². The van der Waals surface area contributed by atoms with Crippen LogP contribution >= 0.6 is 11.3 Å². The fourth-order valence-electron chi connectivity index (χ4n) is 3.08. The molecular formula is C19H23N3O3S. The topological polar surface area (TPSA) is 80.3 Å². The van der Waals surface area contributed by atoms with Crippen LogP contribution in [0.3, 0.4) is 0 Å². The van der Waals surface area contributed by atoms with Gasteiger partial charge in [-0.3, -0.25) is 10.1 Å². The molecule has 2 N–H and O–H groups in total. The molecule has 1 aliphatic carbocycles. The maximum absolute atomic E-state index is 12.6. The van der Waals surface area contributed by atoms with Gasteiger partial charge in [-0.2, -0.15) is 0 Å². The van der Waals surface area contributed by atoms with E-state index in [0.717, 1.165) is 31.2 Å². The van der Waals surface area contributed by atoms with Crippen molar-refractivity contribution in [3.05, 3.63) is 30.3 Å². The molecule has 1 fully saturated rings. The summed E-state index contributed by atoms with van der Waals surface area (Å²) in [6.07, 6.45) is 4.71. The van der Waals surface area contributed by atoms with Gasteiger partial charge < -0.3 is 10.1 Å². The highest BCUT2D eigenvalue weighted by molar-refractivity contribution is 7.20. The molecule has 1 aromatic heterocycles. The van der Waals surface area contributed by atoms with Crippen molar-refractivity contribution in [2.45, 2.75) is 39.0 Å². The summed E-state index contributed by atoms with van der Waals surface area (Å²) in [5.41, 5.74) is 1.55. The zero-order valence-electron chi connectivity index (χ0n) is 14.8. The molecule has 0 radical (unpaired) electrons. The molecule has 26 heavy (non-hydrogen) atoms. The van der Waals surface area contributed by atoms with Crippen molar-refractivity contribution in [1.29, 1.82) is 0 Å². The van der Waals surface area contributed by atoms with Gasteiger partial charge in [-0.25, -0.2) is 9.78 Å². The van der Waals surface area contributed by atoms with Crippen LogP contribution in [-0.4, -0.2) is 23.6 Å². The second-order valence-electron chi connectivity index (χ2n) is 6.23. The molecular weight excluding hydrogens is 350 g/mol. The Morgan fingerprint density at radius 3 is 2.58 bits per heavy atom. The largest absolute Gasteiger partial charge is 0.450 e. The summed E-state index contributed by atoms with van der Waals surface area (Å²) >= 11 is 1.25. The van der Waals surface area contributed by atoms with Crippen LogP contribution in [-0.2, 0) is 9.53 Å². The fourth-order valence-corrected chi connectivity index (χ4v) is 3.96. The number of nitrogens with zero attached hydrogens (tertiary/aromatic N) is 1. The van der Waals surface area contributed by atoms with Gasteiger partial charge in [0.2, 0.25) is 5.91 Å². The predicted molar refractivity (Wildman–Crippen MR) is 103 cm³/mol. The van der Waals surface area contributed by atoms with E-state index in [9.17, 15) is 9.59 Å². The van der Waals surface area contributed by atoms with Gasteiger partial charge in [0, 0.05) is 11.5 Å². The van der Waals surface area contributed by atoms with E-state index in [-0.39, 0.29) is 18.4 Å². The minimum absolute atomic E-state index is 0.0354. The van der Waals surface area contributed by atoms with E-state index >= 15 is 0 Å². The highest BCUT2D eigenvalue weighted by Gasteiger charge is 2.24. The molecule has 1 aromatic carbocycles. The summed E-state index contributed by atoms with van der Waals surface area (Å²) in [6, 6.07) is 9.62. The molecule has 7 heteroatoms. The van der Waals surface area contributed by atoms with Gasteiger partial charge in [0.05, 0.1) is 6.61 Å². The minimum Gasteiger partial charge on any atom is -0.450 e. The summed E-state index contributed by atoms with van der Waals surface area (Å²) in [5, 5.41) is 6.71. The lowest BCUT2D eigenvalue weighted by Gasteiger charge is -2.20. The zero-order valence-corrected chi connectivity index (χ0v) is 15.6. The molecule has 1 saturated carbocycles. The summed E-state index contributed by atoms with van der Waals surface area (Å²) in [4.78, 5) is 28.8. The van der Waals surface area contributed by atoms with E-state index in [1.54, 1.807) is 6.92 Å². The first-order valence-corrected chi connectivity index (χ1v) is 9.80. The number of carbonyl (C=O) groups is 2. The number of aromatic nitrogens is 1. The number of hydrogen-bond donors (Lipinski definition) is 2. The molecule has 2 amide bonds. The Morgan fingerprint density at radius 1 is 1.15 bits per heavy atom. The molecule has 0 aliphatic heterocycles. The molecule has 0 unspecified atom stereocenters. The molecule has 0 spiro atoms. The van der Waals surface area contributed by atoms with E-state index < -0.39 is 6.09 Å². The highest BCUT2D eigenvalue weighted by atomic mass is 32.1. The number of amides is 2. The third kappa shape index (κ3) is 4.60. The van der Waals surface area contributed by atoms with Crippen molar-refractivity contribution in [3.63, 3.8) is 0 Å². The molecule has 3 rings (SSSR count). The number of anilines is 2. The Bertz CT molecular complexity index is 755. The highest BCUT2D eigenvalue weighted by Crippen LogP contribution is 2.37. The number of thiazole rings is 1. The van der Waals surface area contributed by atoms with Crippen LogP contribution in [0.5, 0.6) is 0 Å². The first-order valence-electron chi connectivity index (χ1n) is 8.98. The molecule has 0 saturated heterocycles. The van der Waals surface area contributed by atoms with Crippen LogP contribution in [0.15, 0.2) is 30.3 Å². The smallest absolute Gasteiger partial charge is 0.413 e. The number of carbonyl (C=O) groups excluding carboxylic acids is 2. The van der Waals surface area contributed by atoms with E-state index in [1.165, 1.54) is 17.8 Å². The van der Waals surface area contributed by atoms with Gasteiger partial charge in [0.15, 0.2) is 5.13 Å². The summed E-state index contributed by atoms with van der Waals surface area (Å²) in [5.74, 6) is 0.0872. The van der Waals surface area contributed by atoms with E-state index in [1.807, 2.05) is 30.3 Å². The van der Waals surface area contributed by atoms with Gasteiger partial charge in [0.25, 0.3) is 0 Å². The van der Waals surface area contributed by atoms with Crippen molar-refractivity contribution in [2.75, 3.05) is 17.2 Å². The monoisotopic (exact) mass is 373 g/mol. The van der Waals surface area contributed by atoms with Crippen molar-refractivity contribution in [2.24, 2.45) is 5.92 Å². The number of hydrogen-bond acceptors (Lipinski definition) is 5. The molecule has 0 bridgehead atoms. The SMILES string of the molecule is CCOC(=O)Nc1nc(-c2ccccc2)c(NC(=O)C2CCCCC2)s1. The summed E-state index contributed by atoms with van der Waals surface area (Å²) < 4.78 is 4.91. The maximum atomic E-state index is 12.6. The lowest BCUT2D eigenvalue weighted by molar-refractivity contribution is -0.120. The average molecular weight is 373 g/mol. The second-order valence-corrected chi connectivity index (χ2v) is 7.23. The minimum atomic E-state index is -0.550. The van der Waals surface area contributed by atoms with Crippen molar-refractivity contribution >= 4 is 33.5 Å².